The fourth-order valence-corrected chi connectivity index (χ4v) is 3.56. The number of para-hydroxylation sites is 1. The maximum Gasteiger partial charge on any atom is 0.250 e. The van der Waals surface area contributed by atoms with Crippen LogP contribution in [0.1, 0.15) is 25.7 Å². The lowest BCUT2D eigenvalue weighted by Gasteiger charge is -2.34. The zero-order valence-electron chi connectivity index (χ0n) is 12.6. The van der Waals surface area contributed by atoms with E-state index in [9.17, 15) is 0 Å². The molecule has 2 fully saturated rings. The third-order valence-electron chi connectivity index (χ3n) is 4.77. The molecule has 0 radical (unpaired) electrons. The molecule has 2 aliphatic rings. The summed E-state index contributed by atoms with van der Waals surface area (Å²) in [5.74, 6) is 1.54. The summed E-state index contributed by atoms with van der Waals surface area (Å²) in [5.41, 5.74) is 1.00. The number of ether oxygens (including phenoxy) is 1. The van der Waals surface area contributed by atoms with Crippen LogP contribution in [0.3, 0.4) is 0 Å². The molecular weight excluding hydrogens is 278 g/mol. The maximum absolute atomic E-state index is 5.85. The first kappa shape index (κ1) is 13.7. The molecule has 22 heavy (non-hydrogen) atoms. The van der Waals surface area contributed by atoms with Crippen LogP contribution in [-0.4, -0.2) is 46.0 Å². The number of aromatic nitrogens is 4. The standard InChI is InChI=1S/C16H21N5O/c1-2-5-14(6-3-1)21-16(17-18-19-21)20-10-8-13(9-11-20)15-7-4-12-22-15/h1-3,5-6,13,15H,4,7-12H2. The monoisotopic (exact) mass is 299 g/mol. The molecule has 1 atom stereocenters. The highest BCUT2D eigenvalue weighted by atomic mass is 16.5. The second-order valence-corrected chi connectivity index (χ2v) is 6.10. The summed E-state index contributed by atoms with van der Waals surface area (Å²) in [7, 11) is 0. The van der Waals surface area contributed by atoms with Crippen LogP contribution in [0.2, 0.25) is 0 Å². The van der Waals surface area contributed by atoms with E-state index in [1.807, 2.05) is 35.0 Å². The van der Waals surface area contributed by atoms with Crippen molar-refractivity contribution in [2.24, 2.45) is 5.92 Å². The van der Waals surface area contributed by atoms with E-state index in [0.29, 0.717) is 12.0 Å². The van der Waals surface area contributed by atoms with Crippen LogP contribution in [0.5, 0.6) is 0 Å². The number of hydrogen-bond acceptors (Lipinski definition) is 5. The van der Waals surface area contributed by atoms with Crippen molar-refractivity contribution in [2.45, 2.75) is 31.8 Å². The van der Waals surface area contributed by atoms with Gasteiger partial charge >= 0.3 is 0 Å². The topological polar surface area (TPSA) is 56.1 Å². The summed E-state index contributed by atoms with van der Waals surface area (Å²) in [6.07, 6.45) is 5.25. The molecule has 4 rings (SSSR count). The second kappa shape index (κ2) is 6.04. The summed E-state index contributed by atoms with van der Waals surface area (Å²) in [4.78, 5) is 2.29. The number of nitrogens with zero attached hydrogens (tertiary/aromatic N) is 5. The third kappa shape index (κ3) is 2.59. The Balaban J connectivity index is 1.47. The molecule has 1 aromatic carbocycles. The average Bonchev–Trinajstić information content (AvgIpc) is 3.28. The van der Waals surface area contributed by atoms with E-state index in [1.54, 1.807) is 0 Å². The highest BCUT2D eigenvalue weighted by molar-refractivity contribution is 5.40. The van der Waals surface area contributed by atoms with Gasteiger partial charge in [0.05, 0.1) is 11.8 Å². The number of benzene rings is 1. The van der Waals surface area contributed by atoms with Gasteiger partial charge in [0.1, 0.15) is 0 Å². The van der Waals surface area contributed by atoms with Gasteiger partial charge < -0.3 is 9.64 Å². The molecule has 2 aromatic rings. The van der Waals surface area contributed by atoms with Crippen molar-refractivity contribution >= 4 is 5.95 Å². The van der Waals surface area contributed by atoms with Crippen LogP contribution in [0.25, 0.3) is 5.69 Å². The first-order valence-corrected chi connectivity index (χ1v) is 8.12. The van der Waals surface area contributed by atoms with Crippen molar-refractivity contribution in [2.75, 3.05) is 24.6 Å². The summed E-state index contributed by atoms with van der Waals surface area (Å²) >= 11 is 0. The van der Waals surface area contributed by atoms with E-state index in [2.05, 4.69) is 20.4 Å². The molecule has 3 heterocycles. The molecular formula is C16H21N5O. The SMILES string of the molecule is c1ccc(-n2nnnc2N2CCC(C3CCCO3)CC2)cc1. The van der Waals surface area contributed by atoms with Gasteiger partial charge in [0.2, 0.25) is 5.95 Å². The molecule has 2 saturated heterocycles. The van der Waals surface area contributed by atoms with E-state index in [4.69, 9.17) is 4.74 Å². The first-order valence-electron chi connectivity index (χ1n) is 8.12. The highest BCUT2D eigenvalue weighted by Gasteiger charge is 2.31. The van der Waals surface area contributed by atoms with Gasteiger partial charge in [-0.15, -0.1) is 0 Å². The minimum Gasteiger partial charge on any atom is -0.378 e. The molecule has 2 aliphatic heterocycles. The van der Waals surface area contributed by atoms with Gasteiger partial charge in [0, 0.05) is 19.7 Å². The van der Waals surface area contributed by atoms with E-state index in [-0.39, 0.29) is 0 Å². The first-order chi connectivity index (χ1) is 10.9. The van der Waals surface area contributed by atoms with Crippen molar-refractivity contribution in [3.8, 4) is 5.69 Å². The van der Waals surface area contributed by atoms with Crippen LogP contribution in [-0.2, 0) is 4.74 Å². The second-order valence-electron chi connectivity index (χ2n) is 6.10. The predicted molar refractivity (Wildman–Crippen MR) is 83.1 cm³/mol. The molecule has 0 saturated carbocycles. The average molecular weight is 299 g/mol. The fourth-order valence-electron chi connectivity index (χ4n) is 3.56. The molecule has 1 unspecified atom stereocenters. The number of anilines is 1. The molecule has 6 heteroatoms. The van der Waals surface area contributed by atoms with E-state index in [1.165, 1.54) is 12.8 Å². The van der Waals surface area contributed by atoms with Crippen molar-refractivity contribution in [3.05, 3.63) is 30.3 Å². The lowest BCUT2D eigenvalue weighted by Crippen LogP contribution is -2.39. The molecule has 0 aliphatic carbocycles. The van der Waals surface area contributed by atoms with Crippen LogP contribution in [0.4, 0.5) is 5.95 Å². The van der Waals surface area contributed by atoms with Crippen LogP contribution in [0, 0.1) is 5.92 Å². The zero-order valence-corrected chi connectivity index (χ0v) is 12.6. The fraction of sp³-hybridized carbons (Fsp3) is 0.562. The summed E-state index contributed by atoms with van der Waals surface area (Å²) in [6, 6.07) is 10.1. The van der Waals surface area contributed by atoms with Gasteiger partial charge in [-0.2, -0.15) is 4.68 Å². The largest absolute Gasteiger partial charge is 0.378 e. The molecule has 6 nitrogen and oxygen atoms in total. The van der Waals surface area contributed by atoms with Crippen LogP contribution < -0.4 is 4.90 Å². The van der Waals surface area contributed by atoms with E-state index < -0.39 is 0 Å². The Kier molecular flexibility index (Phi) is 3.76. The van der Waals surface area contributed by atoms with Gasteiger partial charge in [-0.3, -0.25) is 0 Å². The summed E-state index contributed by atoms with van der Waals surface area (Å²) < 4.78 is 7.67. The van der Waals surface area contributed by atoms with Crippen LogP contribution >= 0.6 is 0 Å². The molecule has 0 bridgehead atoms. The summed E-state index contributed by atoms with van der Waals surface area (Å²) in [5, 5.41) is 12.2. The van der Waals surface area contributed by atoms with Crippen molar-refractivity contribution < 1.29 is 4.74 Å². The molecule has 1 aromatic heterocycles. The summed E-state index contributed by atoms with van der Waals surface area (Å²) in [6.45, 7) is 2.94. The lowest BCUT2D eigenvalue weighted by molar-refractivity contribution is 0.0530. The van der Waals surface area contributed by atoms with Gasteiger partial charge in [-0.25, -0.2) is 0 Å². The Morgan fingerprint density at radius 3 is 2.59 bits per heavy atom. The Morgan fingerprint density at radius 1 is 1.05 bits per heavy atom. The molecule has 0 spiro atoms. The van der Waals surface area contributed by atoms with E-state index in [0.717, 1.165) is 44.2 Å². The normalized spacial score (nSPS) is 23.1. The molecule has 0 N–H and O–H groups in total. The zero-order chi connectivity index (χ0) is 14.8. The van der Waals surface area contributed by atoms with Crippen molar-refractivity contribution in [3.63, 3.8) is 0 Å². The minimum atomic E-state index is 0.479. The Hall–Kier alpha value is -1.95. The lowest BCUT2D eigenvalue weighted by atomic mass is 9.90. The quantitative estimate of drug-likeness (QED) is 0.868. The number of piperidine rings is 1. The molecule has 116 valence electrons. The number of hydrogen-bond donors (Lipinski definition) is 0. The predicted octanol–water partition coefficient (Wildman–Crippen LogP) is 2.06. The number of tetrazole rings is 1. The molecule has 0 amide bonds. The number of rotatable bonds is 3. The Morgan fingerprint density at radius 2 is 1.86 bits per heavy atom. The van der Waals surface area contributed by atoms with Crippen LogP contribution in [0.15, 0.2) is 30.3 Å². The van der Waals surface area contributed by atoms with Crippen molar-refractivity contribution in [1.29, 1.82) is 0 Å². The third-order valence-corrected chi connectivity index (χ3v) is 4.77. The van der Waals surface area contributed by atoms with Gasteiger partial charge in [0.15, 0.2) is 0 Å². The minimum absolute atomic E-state index is 0.479. The van der Waals surface area contributed by atoms with Gasteiger partial charge in [-0.05, 0) is 54.2 Å². The smallest absolute Gasteiger partial charge is 0.250 e. The van der Waals surface area contributed by atoms with Gasteiger partial charge in [0.25, 0.3) is 0 Å². The Bertz CT molecular complexity index is 600. The van der Waals surface area contributed by atoms with E-state index >= 15 is 0 Å². The van der Waals surface area contributed by atoms with Crippen molar-refractivity contribution in [1.82, 2.24) is 20.2 Å². The highest BCUT2D eigenvalue weighted by Crippen LogP contribution is 2.30. The maximum atomic E-state index is 5.85. The Labute approximate surface area is 130 Å². The van der Waals surface area contributed by atoms with Gasteiger partial charge in [-0.1, -0.05) is 23.3 Å².